The average Bonchev–Trinajstić information content (AvgIpc) is 3.07. The number of hydrogen-bond acceptors (Lipinski definition) is 8. The first-order chi connectivity index (χ1) is 23.0. The van der Waals surface area contributed by atoms with Gasteiger partial charge in [0.15, 0.2) is 0 Å². The zero-order chi connectivity index (χ0) is 35.7. The van der Waals surface area contributed by atoms with Gasteiger partial charge >= 0.3 is 17.9 Å². The maximum Gasteiger partial charge on any atom is 0.342 e. The number of para-hydroxylation sites is 1. The van der Waals surface area contributed by atoms with Gasteiger partial charge in [-0.25, -0.2) is 4.79 Å². The molecule has 0 heterocycles. The molecular weight excluding hydrogens is 608 g/mol. The van der Waals surface area contributed by atoms with Crippen molar-refractivity contribution in [2.45, 2.75) is 66.6 Å². The van der Waals surface area contributed by atoms with Crippen LogP contribution in [0.3, 0.4) is 0 Å². The van der Waals surface area contributed by atoms with Crippen molar-refractivity contribution < 1.29 is 38.8 Å². The van der Waals surface area contributed by atoms with E-state index in [0.717, 1.165) is 17.5 Å². The lowest BCUT2D eigenvalue weighted by Gasteiger charge is -2.14. The van der Waals surface area contributed by atoms with Gasteiger partial charge in [-0.15, -0.1) is 0 Å². The average molecular weight is 659 g/mol. The highest BCUT2D eigenvalue weighted by molar-refractivity contribution is 5.92. The van der Waals surface area contributed by atoms with Crippen LogP contribution < -0.4 is 0 Å². The first kappa shape index (κ1) is 41.1. The predicted molar refractivity (Wildman–Crippen MR) is 188 cm³/mol. The summed E-state index contributed by atoms with van der Waals surface area (Å²) < 4.78 is 15.0. The largest absolute Gasteiger partial charge is 0.507 e. The summed E-state index contributed by atoms with van der Waals surface area (Å²) in [7, 11) is 0. The van der Waals surface area contributed by atoms with Gasteiger partial charge in [-0.05, 0) is 61.9 Å². The number of hydrogen-bond donors (Lipinski definition) is 2. The predicted octanol–water partition coefficient (Wildman–Crippen LogP) is 8.44. The van der Waals surface area contributed by atoms with Crippen LogP contribution in [0.15, 0.2) is 115 Å². The van der Waals surface area contributed by atoms with E-state index in [1.54, 1.807) is 26.0 Å². The molecule has 0 amide bonds. The van der Waals surface area contributed by atoms with Crippen LogP contribution in [0.2, 0.25) is 0 Å². The van der Waals surface area contributed by atoms with Gasteiger partial charge in [0, 0.05) is 20.0 Å². The molecule has 2 N–H and O–H groups in total. The van der Waals surface area contributed by atoms with Gasteiger partial charge in [0.05, 0.1) is 6.61 Å². The number of phenols is 1. The molecule has 0 saturated heterocycles. The van der Waals surface area contributed by atoms with Crippen molar-refractivity contribution in [1.29, 1.82) is 0 Å². The van der Waals surface area contributed by atoms with Crippen LogP contribution in [-0.2, 0) is 30.2 Å². The van der Waals surface area contributed by atoms with Gasteiger partial charge in [-0.1, -0.05) is 117 Å². The fourth-order valence-corrected chi connectivity index (χ4v) is 4.01. The fourth-order valence-electron chi connectivity index (χ4n) is 4.01. The molecule has 258 valence electrons. The Morgan fingerprint density at radius 2 is 1.12 bits per heavy atom. The van der Waals surface area contributed by atoms with E-state index in [4.69, 9.17) is 14.6 Å². The highest BCUT2D eigenvalue weighted by Gasteiger charge is 2.16. The second kappa shape index (κ2) is 24.3. The Morgan fingerprint density at radius 1 is 0.667 bits per heavy atom. The molecule has 4 rings (SSSR count). The van der Waals surface area contributed by atoms with Gasteiger partial charge in [-0.3, -0.25) is 9.59 Å². The molecule has 0 aromatic heterocycles. The van der Waals surface area contributed by atoms with Gasteiger partial charge in [0.25, 0.3) is 0 Å². The summed E-state index contributed by atoms with van der Waals surface area (Å²) in [5.41, 5.74) is 3.33. The van der Waals surface area contributed by atoms with E-state index in [1.165, 1.54) is 24.6 Å². The number of carbonyl (C=O) groups excluding carboxylic acids is 3. The summed E-state index contributed by atoms with van der Waals surface area (Å²) in [6.07, 6.45) is 0.744. The number of aliphatic hydroxyl groups excluding tert-OH is 1. The molecule has 0 bridgehead atoms. The monoisotopic (exact) mass is 658 g/mol. The van der Waals surface area contributed by atoms with E-state index in [2.05, 4.69) is 4.74 Å². The SMILES string of the molecule is CC(C)CC(=O)OC(C)c1ccccc1.CC(OC(=O)c1ccccc1O)c1ccccc1.CCOC(C)=O.OCCc1ccccc1. The molecule has 0 aliphatic carbocycles. The highest BCUT2D eigenvalue weighted by Crippen LogP contribution is 2.22. The van der Waals surface area contributed by atoms with E-state index in [0.29, 0.717) is 18.9 Å². The molecule has 0 spiro atoms. The van der Waals surface area contributed by atoms with Crippen molar-refractivity contribution in [3.05, 3.63) is 138 Å². The van der Waals surface area contributed by atoms with Crippen LogP contribution in [0, 0.1) is 5.92 Å². The maximum absolute atomic E-state index is 11.9. The number of phenolic OH excluding ortho intramolecular Hbond substituents is 1. The van der Waals surface area contributed by atoms with Gasteiger partial charge < -0.3 is 24.4 Å². The Hall–Kier alpha value is -4.95. The quantitative estimate of drug-likeness (QED) is 0.129. The smallest absolute Gasteiger partial charge is 0.342 e. The lowest BCUT2D eigenvalue weighted by atomic mass is 10.1. The molecule has 0 radical (unpaired) electrons. The van der Waals surface area contributed by atoms with E-state index in [9.17, 15) is 19.5 Å². The number of benzene rings is 4. The van der Waals surface area contributed by atoms with Gasteiger partial charge in [0.2, 0.25) is 0 Å². The normalized spacial score (nSPS) is 11.1. The molecule has 0 aliphatic rings. The number of carbonyl (C=O) groups is 3. The van der Waals surface area contributed by atoms with Crippen molar-refractivity contribution in [1.82, 2.24) is 0 Å². The zero-order valence-electron chi connectivity index (χ0n) is 28.9. The van der Waals surface area contributed by atoms with E-state index in [1.807, 2.05) is 112 Å². The van der Waals surface area contributed by atoms with Crippen molar-refractivity contribution >= 4 is 17.9 Å². The minimum Gasteiger partial charge on any atom is -0.507 e. The lowest BCUT2D eigenvalue weighted by molar-refractivity contribution is -0.149. The first-order valence-corrected chi connectivity index (χ1v) is 16.0. The molecule has 2 unspecified atom stereocenters. The molecule has 4 aromatic carbocycles. The van der Waals surface area contributed by atoms with Crippen LogP contribution in [-0.4, -0.2) is 41.3 Å². The van der Waals surface area contributed by atoms with Crippen LogP contribution in [0.25, 0.3) is 0 Å². The van der Waals surface area contributed by atoms with E-state index < -0.39 is 5.97 Å². The molecule has 0 fully saturated rings. The number of aromatic hydroxyl groups is 1. The second-order valence-electron chi connectivity index (χ2n) is 11.0. The Labute approximate surface area is 285 Å². The van der Waals surface area contributed by atoms with Gasteiger partial charge in [-0.2, -0.15) is 0 Å². The maximum atomic E-state index is 11.9. The van der Waals surface area contributed by atoms with Crippen molar-refractivity contribution in [3.8, 4) is 5.75 Å². The Kier molecular flexibility index (Phi) is 20.8. The molecule has 2 atom stereocenters. The standard InChI is InChI=1S/C15H14O3.C13H18O2.C8H10O.C4H8O2/c1-11(12-7-3-2-4-8-12)18-15(17)13-9-5-6-10-14(13)16;1-10(2)9-13(14)15-11(3)12-7-5-4-6-8-12;9-7-6-8-4-2-1-3-5-8;1-3-6-4(2)5/h2-11,16H,1H3;4-8,10-11H,9H2,1-3H3;1-5,9H,6-7H2;3H2,1-2H3. The van der Waals surface area contributed by atoms with E-state index >= 15 is 0 Å². The molecule has 8 heteroatoms. The second-order valence-corrected chi connectivity index (χ2v) is 11.0. The molecule has 0 saturated carbocycles. The van der Waals surface area contributed by atoms with Crippen LogP contribution in [0.4, 0.5) is 0 Å². The molecule has 48 heavy (non-hydrogen) atoms. The summed E-state index contributed by atoms with van der Waals surface area (Å²) in [6.45, 7) is 11.6. The third-order valence-corrected chi connectivity index (χ3v) is 6.42. The van der Waals surface area contributed by atoms with Crippen molar-refractivity contribution in [2.75, 3.05) is 13.2 Å². The first-order valence-electron chi connectivity index (χ1n) is 16.0. The number of ether oxygens (including phenoxy) is 3. The summed E-state index contributed by atoms with van der Waals surface area (Å²) >= 11 is 0. The summed E-state index contributed by atoms with van der Waals surface area (Å²) in [6, 6.07) is 35.5. The zero-order valence-corrected chi connectivity index (χ0v) is 28.9. The number of rotatable bonds is 10. The topological polar surface area (TPSA) is 119 Å². The third kappa shape index (κ3) is 18.3. The fraction of sp³-hybridized carbons (Fsp3) is 0.325. The molecular formula is C40H50O8. The summed E-state index contributed by atoms with van der Waals surface area (Å²) in [4.78, 5) is 33.1. The lowest BCUT2D eigenvalue weighted by Crippen LogP contribution is -2.10. The number of aliphatic hydroxyl groups is 1. The minimum atomic E-state index is -0.524. The molecule has 4 aromatic rings. The summed E-state index contributed by atoms with van der Waals surface area (Å²) in [5, 5.41) is 18.1. The van der Waals surface area contributed by atoms with Gasteiger partial charge in [0.1, 0.15) is 23.5 Å². The van der Waals surface area contributed by atoms with Crippen LogP contribution >= 0.6 is 0 Å². The van der Waals surface area contributed by atoms with E-state index in [-0.39, 0.29) is 42.1 Å². The Balaban J connectivity index is 0.000000345. The molecule has 0 aliphatic heterocycles. The summed E-state index contributed by atoms with van der Waals surface area (Å²) in [5.74, 6) is -0.577. The van der Waals surface area contributed by atoms with Crippen molar-refractivity contribution in [2.24, 2.45) is 5.92 Å². The van der Waals surface area contributed by atoms with Crippen LogP contribution in [0.1, 0.15) is 87.2 Å². The Morgan fingerprint density at radius 3 is 1.54 bits per heavy atom. The molecule has 8 nitrogen and oxygen atoms in total. The van der Waals surface area contributed by atoms with Crippen LogP contribution in [0.5, 0.6) is 5.75 Å². The highest BCUT2D eigenvalue weighted by atomic mass is 16.5. The third-order valence-electron chi connectivity index (χ3n) is 6.42. The minimum absolute atomic E-state index is 0.0669. The Bertz CT molecular complexity index is 1440. The number of esters is 3. The van der Waals surface area contributed by atoms with Crippen molar-refractivity contribution in [3.63, 3.8) is 0 Å².